The fraction of sp³-hybridized carbons (Fsp3) is 0.833. The van der Waals surface area contributed by atoms with E-state index in [0.717, 1.165) is 25.9 Å². The highest BCUT2D eigenvalue weighted by Gasteiger charge is 2.34. The first-order valence-corrected chi connectivity index (χ1v) is 6.06. The van der Waals surface area contributed by atoms with Gasteiger partial charge in [0.25, 0.3) is 0 Å². The van der Waals surface area contributed by atoms with Crippen LogP contribution in [0.1, 0.15) is 33.6 Å². The zero-order chi connectivity index (χ0) is 13.1. The second-order valence-corrected chi connectivity index (χ2v) is 5.67. The molecule has 1 aliphatic heterocycles. The van der Waals surface area contributed by atoms with E-state index < -0.39 is 17.4 Å². The third-order valence-electron chi connectivity index (χ3n) is 3.11. The molecule has 1 amide bonds. The highest BCUT2D eigenvalue weighted by molar-refractivity contribution is 5.85. The number of hydrogen-bond acceptors (Lipinski definition) is 3. The zero-order valence-electron chi connectivity index (χ0n) is 10.7. The molecular weight excluding hydrogens is 220 g/mol. The van der Waals surface area contributed by atoms with Crippen molar-refractivity contribution in [3.05, 3.63) is 0 Å². The minimum absolute atomic E-state index is 0.0551. The average molecular weight is 242 g/mol. The van der Waals surface area contributed by atoms with Gasteiger partial charge in [-0.2, -0.15) is 0 Å². The summed E-state index contributed by atoms with van der Waals surface area (Å²) in [5.41, 5.74) is -0.478. The third kappa shape index (κ3) is 4.00. The smallest absolute Gasteiger partial charge is 0.326 e. The number of carboxylic acid groups (broad SMARTS) is 1. The Balaban J connectivity index is 2.60. The Labute approximate surface area is 102 Å². The van der Waals surface area contributed by atoms with Gasteiger partial charge in [-0.15, -0.1) is 0 Å². The molecule has 5 nitrogen and oxygen atoms in total. The molecule has 0 aromatic carbocycles. The van der Waals surface area contributed by atoms with E-state index in [4.69, 9.17) is 5.11 Å². The Hall–Kier alpha value is -1.10. The summed E-state index contributed by atoms with van der Waals surface area (Å²) in [7, 11) is 0. The second-order valence-electron chi connectivity index (χ2n) is 5.67. The van der Waals surface area contributed by atoms with E-state index in [1.54, 1.807) is 0 Å². The van der Waals surface area contributed by atoms with Gasteiger partial charge in [0, 0.05) is 5.92 Å². The molecule has 0 saturated carbocycles. The molecule has 0 bridgehead atoms. The molecular formula is C12H22N2O3. The van der Waals surface area contributed by atoms with Crippen molar-refractivity contribution in [3.8, 4) is 0 Å². The van der Waals surface area contributed by atoms with Crippen molar-refractivity contribution >= 4 is 11.9 Å². The van der Waals surface area contributed by atoms with Crippen LogP contribution in [0.2, 0.25) is 0 Å². The van der Waals surface area contributed by atoms with E-state index in [9.17, 15) is 9.59 Å². The first-order chi connectivity index (χ1) is 7.82. The van der Waals surface area contributed by atoms with E-state index in [1.165, 1.54) is 0 Å². The van der Waals surface area contributed by atoms with Gasteiger partial charge < -0.3 is 15.7 Å². The Morgan fingerprint density at radius 1 is 1.29 bits per heavy atom. The predicted molar refractivity (Wildman–Crippen MR) is 64.6 cm³/mol. The van der Waals surface area contributed by atoms with Crippen LogP contribution in [0.3, 0.4) is 0 Å². The maximum Gasteiger partial charge on any atom is 0.326 e. The summed E-state index contributed by atoms with van der Waals surface area (Å²) in [6.07, 6.45) is 1.56. The van der Waals surface area contributed by atoms with Crippen LogP contribution in [0.5, 0.6) is 0 Å². The number of carbonyl (C=O) groups excluding carboxylic acids is 1. The van der Waals surface area contributed by atoms with Gasteiger partial charge in [0.1, 0.15) is 6.04 Å². The average Bonchev–Trinajstić information content (AvgIpc) is 2.24. The van der Waals surface area contributed by atoms with Crippen molar-refractivity contribution < 1.29 is 14.7 Å². The highest BCUT2D eigenvalue weighted by atomic mass is 16.4. The quantitative estimate of drug-likeness (QED) is 0.677. The van der Waals surface area contributed by atoms with Crippen LogP contribution >= 0.6 is 0 Å². The number of nitrogens with one attached hydrogen (secondary N) is 2. The van der Waals surface area contributed by atoms with Gasteiger partial charge in [-0.25, -0.2) is 4.79 Å². The molecule has 1 atom stereocenters. The van der Waals surface area contributed by atoms with Crippen molar-refractivity contribution in [1.82, 2.24) is 10.6 Å². The van der Waals surface area contributed by atoms with E-state index in [1.807, 2.05) is 20.8 Å². The fourth-order valence-corrected chi connectivity index (χ4v) is 1.99. The first kappa shape index (κ1) is 14.0. The van der Waals surface area contributed by atoms with Crippen LogP contribution in [0.4, 0.5) is 0 Å². The first-order valence-electron chi connectivity index (χ1n) is 6.06. The molecule has 0 aromatic heterocycles. The maximum atomic E-state index is 12.0. The molecule has 0 spiro atoms. The molecule has 17 heavy (non-hydrogen) atoms. The lowest BCUT2D eigenvalue weighted by Gasteiger charge is -2.30. The standard InChI is InChI=1S/C12H22N2O3/c1-12(2,3)9(11(16)17)14-10(15)8-4-6-13-7-5-8/h8-9,13H,4-7H2,1-3H3,(H,14,15)(H,16,17)/t9-/m0/s1. The summed E-state index contributed by atoms with van der Waals surface area (Å²) < 4.78 is 0. The minimum atomic E-state index is -0.972. The number of rotatable bonds is 3. The number of aliphatic carboxylic acids is 1. The number of carboxylic acids is 1. The van der Waals surface area contributed by atoms with Crippen LogP contribution in [0.15, 0.2) is 0 Å². The van der Waals surface area contributed by atoms with Crippen molar-refractivity contribution in [2.75, 3.05) is 13.1 Å². The van der Waals surface area contributed by atoms with Gasteiger partial charge in [-0.1, -0.05) is 20.8 Å². The monoisotopic (exact) mass is 242 g/mol. The minimum Gasteiger partial charge on any atom is -0.480 e. The molecule has 0 aliphatic carbocycles. The number of piperidine rings is 1. The Bertz CT molecular complexity index is 291. The van der Waals surface area contributed by atoms with Crippen LogP contribution in [0.25, 0.3) is 0 Å². The van der Waals surface area contributed by atoms with Gasteiger partial charge in [0.05, 0.1) is 0 Å². The summed E-state index contributed by atoms with van der Waals surface area (Å²) in [6.45, 7) is 7.09. The molecule has 1 heterocycles. The number of hydrogen-bond donors (Lipinski definition) is 3. The summed E-state index contributed by atoms with van der Waals surface area (Å²) in [5.74, 6) is -1.16. The van der Waals surface area contributed by atoms with E-state index in [0.29, 0.717) is 0 Å². The molecule has 1 rings (SSSR count). The topological polar surface area (TPSA) is 78.4 Å². The van der Waals surface area contributed by atoms with Crippen LogP contribution < -0.4 is 10.6 Å². The van der Waals surface area contributed by atoms with Crippen LogP contribution in [0, 0.1) is 11.3 Å². The lowest BCUT2D eigenvalue weighted by Crippen LogP contribution is -2.51. The molecule has 98 valence electrons. The van der Waals surface area contributed by atoms with Crippen molar-refractivity contribution in [3.63, 3.8) is 0 Å². The van der Waals surface area contributed by atoms with Gasteiger partial charge in [0.15, 0.2) is 0 Å². The van der Waals surface area contributed by atoms with Crippen LogP contribution in [-0.2, 0) is 9.59 Å². The molecule has 3 N–H and O–H groups in total. The van der Waals surface area contributed by atoms with Crippen LogP contribution in [-0.4, -0.2) is 36.1 Å². The summed E-state index contributed by atoms with van der Waals surface area (Å²) in [4.78, 5) is 23.1. The Kier molecular flexibility index (Phi) is 4.51. The van der Waals surface area contributed by atoms with Crippen molar-refractivity contribution in [2.45, 2.75) is 39.7 Å². The molecule has 1 aliphatic rings. The second kappa shape index (κ2) is 5.49. The van der Waals surface area contributed by atoms with E-state index in [2.05, 4.69) is 10.6 Å². The highest BCUT2D eigenvalue weighted by Crippen LogP contribution is 2.21. The van der Waals surface area contributed by atoms with Gasteiger partial charge in [0.2, 0.25) is 5.91 Å². The lowest BCUT2D eigenvalue weighted by molar-refractivity contribution is -0.145. The predicted octanol–water partition coefficient (Wildman–Crippen LogP) is 0.601. The maximum absolute atomic E-state index is 12.0. The number of amides is 1. The normalized spacial score (nSPS) is 19.7. The third-order valence-corrected chi connectivity index (χ3v) is 3.11. The van der Waals surface area contributed by atoms with E-state index >= 15 is 0 Å². The van der Waals surface area contributed by atoms with Gasteiger partial charge in [-0.05, 0) is 31.3 Å². The summed E-state index contributed by atoms with van der Waals surface area (Å²) in [5, 5.41) is 15.0. The molecule has 1 fully saturated rings. The fourth-order valence-electron chi connectivity index (χ4n) is 1.99. The largest absolute Gasteiger partial charge is 0.480 e. The molecule has 1 saturated heterocycles. The van der Waals surface area contributed by atoms with Crippen molar-refractivity contribution in [2.24, 2.45) is 11.3 Å². The number of carbonyl (C=O) groups is 2. The summed E-state index contributed by atoms with van der Waals surface area (Å²) in [6, 6.07) is -0.829. The molecule has 0 radical (unpaired) electrons. The van der Waals surface area contributed by atoms with E-state index in [-0.39, 0.29) is 11.8 Å². The Morgan fingerprint density at radius 2 is 1.82 bits per heavy atom. The molecule has 5 heteroatoms. The summed E-state index contributed by atoms with van der Waals surface area (Å²) >= 11 is 0. The van der Waals surface area contributed by atoms with Gasteiger partial charge in [-0.3, -0.25) is 4.79 Å². The lowest BCUT2D eigenvalue weighted by atomic mass is 9.86. The van der Waals surface area contributed by atoms with Gasteiger partial charge >= 0.3 is 5.97 Å². The molecule has 0 aromatic rings. The molecule has 0 unspecified atom stereocenters. The van der Waals surface area contributed by atoms with Crippen molar-refractivity contribution in [1.29, 1.82) is 0 Å². The zero-order valence-corrected chi connectivity index (χ0v) is 10.7. The SMILES string of the molecule is CC(C)(C)[C@@H](NC(=O)C1CCNCC1)C(=O)O. The Morgan fingerprint density at radius 3 is 2.24 bits per heavy atom.